The minimum Gasteiger partial charge on any atom is -0.503 e. The average Bonchev–Trinajstić information content (AvgIpc) is 3.27. The molecule has 1 atom stereocenters. The van der Waals surface area contributed by atoms with Crippen LogP contribution < -0.4 is 5.43 Å². The number of aromatic nitrogens is 3. The maximum Gasteiger partial charge on any atom is 0.274 e. The van der Waals surface area contributed by atoms with Gasteiger partial charge >= 0.3 is 0 Å². The Morgan fingerprint density at radius 2 is 2.00 bits per heavy atom. The molecule has 34 heavy (non-hydrogen) atoms. The normalized spacial score (nSPS) is 17.0. The first-order chi connectivity index (χ1) is 16.3. The van der Waals surface area contributed by atoms with Gasteiger partial charge in [0.1, 0.15) is 16.6 Å². The summed E-state index contributed by atoms with van der Waals surface area (Å²) in [5.74, 6) is -2.46. The Balaban J connectivity index is 1.70. The number of hydrogen-bond acceptors (Lipinski definition) is 7. The molecule has 1 aliphatic rings. The summed E-state index contributed by atoms with van der Waals surface area (Å²) >= 11 is 1.07. The second kappa shape index (κ2) is 9.98. The molecule has 1 N–H and O–H groups in total. The molecule has 1 unspecified atom stereocenters. The van der Waals surface area contributed by atoms with Gasteiger partial charge in [-0.15, -0.1) is 10.2 Å². The van der Waals surface area contributed by atoms with E-state index < -0.39 is 28.7 Å². The van der Waals surface area contributed by atoms with E-state index in [0.29, 0.717) is 30.9 Å². The average molecular weight is 491 g/mol. The highest BCUT2D eigenvalue weighted by Crippen LogP contribution is 2.27. The zero-order valence-corrected chi connectivity index (χ0v) is 19.6. The monoisotopic (exact) mass is 490 g/mol. The molecule has 0 fully saturated rings. The van der Waals surface area contributed by atoms with E-state index in [0.717, 1.165) is 29.9 Å². The first-order valence-corrected chi connectivity index (χ1v) is 11.6. The fourth-order valence-corrected chi connectivity index (χ4v) is 4.82. The van der Waals surface area contributed by atoms with Crippen LogP contribution in [0, 0.1) is 11.6 Å². The maximum absolute atomic E-state index is 14.0. The Morgan fingerprint density at radius 1 is 1.21 bits per heavy atom. The standard InChI is InChI=1S/C23H24F2N4O4S/c1-28-9-7-15(33-2)4-3-8-29-12-16(20(30)21(31)19(29)23(28)32)22-27-26-18(34-22)10-13-5-6-14(24)11-17(13)25/h5-6,11-12,15,31H,3-4,7-10H2,1-2H3. The summed E-state index contributed by atoms with van der Waals surface area (Å²) in [4.78, 5) is 27.5. The summed E-state index contributed by atoms with van der Waals surface area (Å²) in [7, 11) is 3.25. The fourth-order valence-electron chi connectivity index (χ4n) is 3.95. The number of carbonyl (C=O) groups is 1. The number of aromatic hydroxyl groups is 1. The van der Waals surface area contributed by atoms with Crippen molar-refractivity contribution in [3.8, 4) is 16.3 Å². The number of methoxy groups -OCH3 is 1. The third kappa shape index (κ3) is 4.85. The van der Waals surface area contributed by atoms with Crippen LogP contribution in [0.1, 0.15) is 40.3 Å². The van der Waals surface area contributed by atoms with Gasteiger partial charge in [-0.1, -0.05) is 17.4 Å². The lowest BCUT2D eigenvalue weighted by atomic mass is 10.1. The highest BCUT2D eigenvalue weighted by atomic mass is 32.1. The number of fused-ring (bicyclic) bond motifs is 1. The van der Waals surface area contributed by atoms with E-state index in [1.165, 1.54) is 17.2 Å². The van der Waals surface area contributed by atoms with E-state index in [9.17, 15) is 23.5 Å². The van der Waals surface area contributed by atoms with Gasteiger partial charge < -0.3 is 19.3 Å². The molecule has 0 saturated heterocycles. The van der Waals surface area contributed by atoms with Gasteiger partial charge in [0.05, 0.1) is 11.7 Å². The van der Waals surface area contributed by atoms with Crippen molar-refractivity contribution in [3.05, 3.63) is 62.5 Å². The van der Waals surface area contributed by atoms with E-state index in [1.807, 2.05) is 0 Å². The van der Waals surface area contributed by atoms with E-state index in [-0.39, 0.29) is 34.4 Å². The zero-order valence-electron chi connectivity index (χ0n) is 18.8. The van der Waals surface area contributed by atoms with Crippen molar-refractivity contribution in [3.63, 3.8) is 0 Å². The number of rotatable bonds is 4. The number of halogens is 2. The summed E-state index contributed by atoms with van der Waals surface area (Å²) in [6, 6.07) is 3.29. The summed E-state index contributed by atoms with van der Waals surface area (Å²) in [5.41, 5.74) is -0.448. The Labute approximate surface area is 198 Å². The highest BCUT2D eigenvalue weighted by Gasteiger charge is 2.27. The van der Waals surface area contributed by atoms with Gasteiger partial charge in [-0.25, -0.2) is 8.78 Å². The van der Waals surface area contributed by atoms with Gasteiger partial charge in [0.15, 0.2) is 16.5 Å². The second-order valence-corrected chi connectivity index (χ2v) is 9.25. The van der Waals surface area contributed by atoms with Crippen molar-refractivity contribution >= 4 is 17.2 Å². The Kier molecular flexibility index (Phi) is 7.03. The Morgan fingerprint density at radius 3 is 2.74 bits per heavy atom. The molecule has 4 rings (SSSR count). The molecule has 3 aromatic rings. The number of ether oxygens (including phenoxy) is 1. The number of benzene rings is 1. The third-order valence-corrected chi connectivity index (χ3v) is 6.86. The van der Waals surface area contributed by atoms with Crippen molar-refractivity contribution in [2.75, 3.05) is 20.7 Å². The zero-order chi connectivity index (χ0) is 24.4. The molecule has 3 heterocycles. The van der Waals surface area contributed by atoms with E-state index >= 15 is 0 Å². The fraction of sp³-hybridized carbons (Fsp3) is 0.391. The van der Waals surface area contributed by atoms with E-state index in [4.69, 9.17) is 4.74 Å². The van der Waals surface area contributed by atoms with Crippen LogP contribution in [0.4, 0.5) is 8.78 Å². The molecule has 0 radical (unpaired) electrons. The molecule has 1 aromatic carbocycles. The summed E-state index contributed by atoms with van der Waals surface area (Å²) < 4.78 is 34.2. The molecule has 2 aromatic heterocycles. The molecule has 0 saturated carbocycles. The molecular formula is C23H24F2N4O4S. The lowest BCUT2D eigenvalue weighted by molar-refractivity contribution is 0.0616. The quantitative estimate of drug-likeness (QED) is 0.603. The number of hydrogen-bond donors (Lipinski definition) is 1. The van der Waals surface area contributed by atoms with Gasteiger partial charge in [0.2, 0.25) is 5.43 Å². The van der Waals surface area contributed by atoms with Crippen molar-refractivity contribution < 1.29 is 23.4 Å². The number of amides is 1. The van der Waals surface area contributed by atoms with Crippen LogP contribution in [0.3, 0.4) is 0 Å². The highest BCUT2D eigenvalue weighted by molar-refractivity contribution is 7.14. The molecule has 8 nitrogen and oxygen atoms in total. The predicted molar refractivity (Wildman–Crippen MR) is 122 cm³/mol. The number of aryl methyl sites for hydroxylation is 1. The first-order valence-electron chi connectivity index (χ1n) is 10.8. The molecule has 1 aliphatic heterocycles. The summed E-state index contributed by atoms with van der Waals surface area (Å²) in [5, 5.41) is 19.5. The number of nitrogens with zero attached hydrogens (tertiary/aromatic N) is 4. The SMILES string of the molecule is COC1CCCn2cc(-c3nnc(Cc4ccc(F)cc4F)s3)c(=O)c(O)c2C(=O)N(C)CC1. The topological polar surface area (TPSA) is 97.5 Å². The third-order valence-electron chi connectivity index (χ3n) is 5.90. The Hall–Kier alpha value is -3.18. The van der Waals surface area contributed by atoms with Gasteiger partial charge in [-0.2, -0.15) is 0 Å². The molecule has 0 spiro atoms. The first kappa shape index (κ1) is 24.0. The summed E-state index contributed by atoms with van der Waals surface area (Å²) in [6.45, 7) is 0.814. The lowest BCUT2D eigenvalue weighted by Gasteiger charge is -2.25. The van der Waals surface area contributed by atoms with Crippen molar-refractivity contribution in [1.82, 2.24) is 19.7 Å². The smallest absolute Gasteiger partial charge is 0.274 e. The predicted octanol–water partition coefficient (Wildman–Crippen LogP) is 3.21. The Bertz CT molecular complexity index is 1280. The van der Waals surface area contributed by atoms with Crippen LogP contribution >= 0.6 is 11.3 Å². The van der Waals surface area contributed by atoms with Crippen LogP contribution in [-0.4, -0.2) is 57.5 Å². The van der Waals surface area contributed by atoms with Crippen LogP contribution in [0.25, 0.3) is 10.6 Å². The van der Waals surface area contributed by atoms with Gasteiger partial charge in [0, 0.05) is 45.9 Å². The molecular weight excluding hydrogens is 466 g/mol. The van der Waals surface area contributed by atoms with Crippen LogP contribution in [0.5, 0.6) is 5.75 Å². The molecule has 0 aliphatic carbocycles. The number of pyridine rings is 1. The van der Waals surface area contributed by atoms with Gasteiger partial charge in [0.25, 0.3) is 5.91 Å². The van der Waals surface area contributed by atoms with Crippen LogP contribution in [0.15, 0.2) is 29.2 Å². The van der Waals surface area contributed by atoms with E-state index in [2.05, 4.69) is 10.2 Å². The van der Waals surface area contributed by atoms with Crippen LogP contribution in [0.2, 0.25) is 0 Å². The molecule has 180 valence electrons. The molecule has 11 heteroatoms. The van der Waals surface area contributed by atoms with Crippen molar-refractivity contribution in [1.29, 1.82) is 0 Å². The maximum atomic E-state index is 14.0. The number of carbonyl (C=O) groups excluding carboxylic acids is 1. The van der Waals surface area contributed by atoms with Gasteiger partial charge in [-0.05, 0) is 30.9 Å². The minimum atomic E-state index is -0.726. The van der Waals surface area contributed by atoms with E-state index in [1.54, 1.807) is 18.7 Å². The van der Waals surface area contributed by atoms with Gasteiger partial charge in [-0.3, -0.25) is 9.59 Å². The minimum absolute atomic E-state index is 0.00169. The van der Waals surface area contributed by atoms with Crippen molar-refractivity contribution in [2.45, 2.75) is 38.3 Å². The van der Waals surface area contributed by atoms with Crippen LogP contribution in [-0.2, 0) is 17.7 Å². The lowest BCUT2D eigenvalue weighted by Crippen LogP contribution is -2.34. The summed E-state index contributed by atoms with van der Waals surface area (Å²) in [6.07, 6.45) is 3.67. The second-order valence-electron chi connectivity index (χ2n) is 8.19. The van der Waals surface area contributed by atoms with Crippen molar-refractivity contribution in [2.24, 2.45) is 0 Å². The molecule has 0 bridgehead atoms. The molecule has 1 amide bonds. The largest absolute Gasteiger partial charge is 0.503 e.